The van der Waals surface area contributed by atoms with Crippen LogP contribution >= 0.6 is 11.3 Å². The number of rotatable bonds is 5. The van der Waals surface area contributed by atoms with Crippen LogP contribution in [-0.4, -0.2) is 19.1 Å². The van der Waals surface area contributed by atoms with Crippen molar-refractivity contribution in [1.82, 2.24) is 19.1 Å². The molecule has 0 aliphatic carbocycles. The summed E-state index contributed by atoms with van der Waals surface area (Å²) in [6.07, 6.45) is 0. The van der Waals surface area contributed by atoms with Crippen LogP contribution in [0.25, 0.3) is 110 Å². The van der Waals surface area contributed by atoms with Crippen LogP contribution in [-0.2, 0) is 0 Å². The summed E-state index contributed by atoms with van der Waals surface area (Å²) in [7, 11) is 0. The van der Waals surface area contributed by atoms with Crippen LogP contribution in [0.2, 0.25) is 0 Å². The van der Waals surface area contributed by atoms with E-state index < -0.39 is 0 Å². The van der Waals surface area contributed by atoms with E-state index in [2.05, 4.69) is 203 Å². The van der Waals surface area contributed by atoms with Crippen LogP contribution in [0.15, 0.2) is 193 Å². The maximum atomic E-state index is 5.48. The monoisotopic (exact) mass is 744 g/mol. The first-order chi connectivity index (χ1) is 28.3. The van der Waals surface area contributed by atoms with Gasteiger partial charge in [-0.25, -0.2) is 9.97 Å². The maximum Gasteiger partial charge on any atom is 0.235 e. The van der Waals surface area contributed by atoms with Crippen molar-refractivity contribution in [2.75, 3.05) is 0 Å². The fourth-order valence-electron chi connectivity index (χ4n) is 8.80. The molecule has 0 bridgehead atoms. The van der Waals surface area contributed by atoms with E-state index in [0.717, 1.165) is 49.3 Å². The van der Waals surface area contributed by atoms with Crippen LogP contribution in [0, 0.1) is 0 Å². The lowest BCUT2D eigenvalue weighted by atomic mass is 10.00. The largest absolute Gasteiger partial charge is 0.309 e. The smallest absolute Gasteiger partial charge is 0.235 e. The van der Waals surface area contributed by atoms with Crippen molar-refractivity contribution in [1.29, 1.82) is 0 Å². The molecule has 4 heterocycles. The number of aromatic nitrogens is 4. The topological polar surface area (TPSA) is 35.6 Å². The molecule has 0 aliphatic heterocycles. The highest BCUT2D eigenvalue weighted by Crippen LogP contribution is 2.42. The summed E-state index contributed by atoms with van der Waals surface area (Å²) in [5.41, 5.74) is 13.3. The molecule has 0 fully saturated rings. The summed E-state index contributed by atoms with van der Waals surface area (Å²) in [6, 6.07) is 67.4. The molecule has 0 N–H and O–H groups in total. The Morgan fingerprint density at radius 1 is 0.404 bits per heavy atom. The van der Waals surface area contributed by atoms with Gasteiger partial charge in [0.1, 0.15) is 0 Å². The summed E-state index contributed by atoms with van der Waals surface area (Å²) in [6.45, 7) is 0. The predicted molar refractivity (Wildman–Crippen MR) is 240 cm³/mol. The van der Waals surface area contributed by atoms with E-state index >= 15 is 0 Å². The number of hydrogen-bond donors (Lipinski definition) is 0. The second-order valence-corrected chi connectivity index (χ2v) is 15.5. The van der Waals surface area contributed by atoms with Gasteiger partial charge in [-0.3, -0.25) is 4.57 Å². The van der Waals surface area contributed by atoms with Crippen LogP contribution in [0.1, 0.15) is 0 Å². The quantitative estimate of drug-likeness (QED) is 0.176. The van der Waals surface area contributed by atoms with Gasteiger partial charge in [0.25, 0.3) is 0 Å². The Labute approximate surface area is 332 Å². The van der Waals surface area contributed by atoms with Gasteiger partial charge in [-0.2, -0.15) is 0 Å². The maximum absolute atomic E-state index is 5.48. The number of thiophene rings is 1. The molecule has 0 saturated heterocycles. The second-order valence-electron chi connectivity index (χ2n) is 14.6. The number of hydrogen-bond acceptors (Lipinski definition) is 3. The van der Waals surface area contributed by atoms with E-state index in [0.29, 0.717) is 5.95 Å². The Balaban J connectivity index is 1.12. The first-order valence-electron chi connectivity index (χ1n) is 19.2. The summed E-state index contributed by atoms with van der Waals surface area (Å²) >= 11 is 1.71. The lowest BCUT2D eigenvalue weighted by molar-refractivity contribution is 1.02. The van der Waals surface area contributed by atoms with Crippen molar-refractivity contribution in [2.24, 2.45) is 0 Å². The van der Waals surface area contributed by atoms with Crippen molar-refractivity contribution in [3.8, 4) is 45.1 Å². The Bertz CT molecular complexity index is 3510. The lowest BCUT2D eigenvalue weighted by Gasteiger charge is -2.12. The molecule has 57 heavy (non-hydrogen) atoms. The van der Waals surface area contributed by atoms with Gasteiger partial charge in [-0.1, -0.05) is 146 Å². The molecular weight excluding hydrogens is 713 g/mol. The molecule has 0 radical (unpaired) electrons. The van der Waals surface area contributed by atoms with E-state index in [9.17, 15) is 0 Å². The fraction of sp³-hybridized carbons (Fsp3) is 0. The summed E-state index contributed by atoms with van der Waals surface area (Å²) in [5, 5.41) is 9.39. The molecule has 0 aliphatic rings. The zero-order chi connectivity index (χ0) is 37.5. The molecule has 0 unspecified atom stereocenters. The van der Waals surface area contributed by atoms with Gasteiger partial charge in [0.05, 0.1) is 38.0 Å². The van der Waals surface area contributed by atoms with Crippen LogP contribution in [0.3, 0.4) is 0 Å². The minimum absolute atomic E-state index is 0.663. The summed E-state index contributed by atoms with van der Waals surface area (Å²) in [4.78, 5) is 10.9. The van der Waals surface area contributed by atoms with E-state index in [1.54, 1.807) is 11.3 Å². The highest BCUT2D eigenvalue weighted by Gasteiger charge is 2.22. The second kappa shape index (κ2) is 12.6. The van der Waals surface area contributed by atoms with Gasteiger partial charge >= 0.3 is 0 Å². The average Bonchev–Trinajstić information content (AvgIpc) is 3.97. The molecule has 0 saturated carbocycles. The molecule has 0 spiro atoms. The first kappa shape index (κ1) is 32.0. The summed E-state index contributed by atoms with van der Waals surface area (Å²) < 4.78 is 5.75. The molecule has 4 nitrogen and oxygen atoms in total. The van der Waals surface area contributed by atoms with E-state index in [-0.39, 0.29) is 0 Å². The van der Waals surface area contributed by atoms with Gasteiger partial charge in [-0.05, 0) is 64.5 Å². The third kappa shape index (κ3) is 4.93. The minimum Gasteiger partial charge on any atom is -0.309 e. The van der Waals surface area contributed by atoms with E-state index in [1.165, 1.54) is 54.5 Å². The molecular formula is C52H32N4S. The Kier molecular flexibility index (Phi) is 7.06. The van der Waals surface area contributed by atoms with E-state index in [4.69, 9.17) is 9.97 Å². The van der Waals surface area contributed by atoms with Gasteiger partial charge in [0.15, 0.2) is 0 Å². The average molecular weight is 745 g/mol. The number of fused-ring (bicyclic) bond motifs is 9. The number of benzene rings is 8. The molecule has 266 valence electrons. The standard InChI is InChI=1S/C52H32N4S/c1-4-14-33(15-5-1)44-32-57-51-48(35-17-6-2-7-18-35)53-52(54-49(44)51)56-47-29-26-37(31-43(47)41-27-24-34-16-10-11-21-39(34)50(41)56)36-25-28-46-42(30-36)40-22-12-13-23-45(40)55(46)38-19-8-3-9-20-38/h1-32H. The van der Waals surface area contributed by atoms with Crippen molar-refractivity contribution >= 4 is 75.9 Å². The summed E-state index contributed by atoms with van der Waals surface area (Å²) in [5.74, 6) is 0.663. The minimum atomic E-state index is 0.663. The highest BCUT2D eigenvalue weighted by molar-refractivity contribution is 7.18. The van der Waals surface area contributed by atoms with Crippen LogP contribution in [0.4, 0.5) is 0 Å². The molecule has 12 rings (SSSR count). The molecule has 8 aromatic carbocycles. The molecule has 5 heteroatoms. The van der Waals surface area contributed by atoms with Crippen LogP contribution < -0.4 is 0 Å². The predicted octanol–water partition coefficient (Wildman–Crippen LogP) is 14.0. The lowest BCUT2D eigenvalue weighted by Crippen LogP contribution is -2.03. The third-order valence-corrected chi connectivity index (χ3v) is 12.4. The SMILES string of the molecule is c1ccc(-c2csc3c(-c4ccccc4)nc(-n4c5ccc(-c6ccc7c(c6)c6ccccc6n7-c6ccccc6)cc5c5ccc6ccccc6c54)nc23)cc1. The van der Waals surface area contributed by atoms with Crippen molar-refractivity contribution in [3.05, 3.63) is 193 Å². The van der Waals surface area contributed by atoms with Gasteiger partial charge in [0.2, 0.25) is 5.95 Å². The number of para-hydroxylation sites is 2. The van der Waals surface area contributed by atoms with Crippen molar-refractivity contribution in [2.45, 2.75) is 0 Å². The molecule has 0 amide bonds. The van der Waals surface area contributed by atoms with Crippen molar-refractivity contribution < 1.29 is 0 Å². The van der Waals surface area contributed by atoms with Gasteiger partial charge in [-0.15, -0.1) is 11.3 Å². The Morgan fingerprint density at radius 3 is 1.75 bits per heavy atom. The molecule has 0 atom stereocenters. The zero-order valence-electron chi connectivity index (χ0n) is 30.7. The van der Waals surface area contributed by atoms with E-state index in [1.807, 2.05) is 0 Å². The Morgan fingerprint density at radius 2 is 1.00 bits per heavy atom. The zero-order valence-corrected chi connectivity index (χ0v) is 31.5. The van der Waals surface area contributed by atoms with Crippen molar-refractivity contribution in [3.63, 3.8) is 0 Å². The Hall–Kier alpha value is -7.34. The molecule has 4 aromatic heterocycles. The fourth-order valence-corrected chi connectivity index (χ4v) is 9.82. The third-order valence-electron chi connectivity index (χ3n) is 11.4. The van der Waals surface area contributed by atoms with Gasteiger partial charge in [0, 0.05) is 49.1 Å². The first-order valence-corrected chi connectivity index (χ1v) is 20.1. The van der Waals surface area contributed by atoms with Gasteiger partial charge < -0.3 is 4.57 Å². The number of nitrogens with zero attached hydrogens (tertiary/aromatic N) is 4. The highest BCUT2D eigenvalue weighted by atomic mass is 32.1. The van der Waals surface area contributed by atoms with Crippen LogP contribution in [0.5, 0.6) is 0 Å². The molecule has 12 aromatic rings. The normalized spacial score (nSPS) is 11.9.